The van der Waals surface area contributed by atoms with Crippen LogP contribution in [0.5, 0.6) is 0 Å². The van der Waals surface area contributed by atoms with Crippen molar-refractivity contribution >= 4 is 19.7 Å². The molecule has 2 aromatic heterocycles. The van der Waals surface area contributed by atoms with E-state index in [2.05, 4.69) is 29.6 Å². The molecule has 8 heteroatoms. The van der Waals surface area contributed by atoms with Crippen molar-refractivity contribution in [1.29, 1.82) is 0 Å². The van der Waals surface area contributed by atoms with Crippen LogP contribution in [0.25, 0.3) is 22.5 Å². The maximum Gasteiger partial charge on any atom is 0.139 e. The van der Waals surface area contributed by atoms with Gasteiger partial charge in [-0.2, -0.15) is 5.10 Å². The van der Waals surface area contributed by atoms with E-state index in [1.807, 2.05) is 35.0 Å². The van der Waals surface area contributed by atoms with Crippen LogP contribution in [0.15, 0.2) is 42.9 Å². The van der Waals surface area contributed by atoms with Gasteiger partial charge in [-0.3, -0.25) is 0 Å². The zero-order valence-electron chi connectivity index (χ0n) is 19.7. The summed E-state index contributed by atoms with van der Waals surface area (Å²) in [5.41, 5.74) is 4.88. The summed E-state index contributed by atoms with van der Waals surface area (Å²) in [5.74, 6) is 0.285. The molecular weight excluding hydrogens is 452 g/mol. The standard InChI is InChI=1S/C25H33ClN4O2Si/c1-33(2,3)15-14-32-17-30-25(19-6-10-21(31)11-7-19)23(22-12-13-27-16-28-22)24(29-30)18-4-8-20(26)9-5-18/h4-5,8-9,12-13,16,19,21,31H,6-7,10-11,14-15,17H2,1-3H3. The van der Waals surface area contributed by atoms with Gasteiger partial charge in [-0.1, -0.05) is 43.4 Å². The van der Waals surface area contributed by atoms with Crippen molar-refractivity contribution in [3.05, 3.63) is 53.6 Å². The molecule has 3 aromatic rings. The number of hydrogen-bond acceptors (Lipinski definition) is 5. The smallest absolute Gasteiger partial charge is 0.139 e. The molecule has 33 heavy (non-hydrogen) atoms. The Morgan fingerprint density at radius 2 is 1.82 bits per heavy atom. The molecule has 1 saturated carbocycles. The molecule has 1 aliphatic carbocycles. The minimum atomic E-state index is -1.18. The zero-order chi connectivity index (χ0) is 23.4. The molecule has 6 nitrogen and oxygen atoms in total. The quantitative estimate of drug-likeness (QED) is 0.314. The third-order valence-electron chi connectivity index (χ3n) is 6.24. The lowest BCUT2D eigenvalue weighted by Gasteiger charge is -2.27. The normalized spacial score (nSPS) is 19.1. The Kier molecular flexibility index (Phi) is 7.64. The summed E-state index contributed by atoms with van der Waals surface area (Å²) >= 11 is 6.16. The van der Waals surface area contributed by atoms with E-state index in [-0.39, 0.29) is 12.0 Å². The summed E-state index contributed by atoms with van der Waals surface area (Å²) in [6, 6.07) is 10.8. The van der Waals surface area contributed by atoms with Gasteiger partial charge in [-0.15, -0.1) is 0 Å². The van der Waals surface area contributed by atoms with Gasteiger partial charge in [0.2, 0.25) is 0 Å². The van der Waals surface area contributed by atoms with Crippen LogP contribution in [0.3, 0.4) is 0 Å². The van der Waals surface area contributed by atoms with Gasteiger partial charge < -0.3 is 9.84 Å². The Hall–Kier alpha value is -2.06. The summed E-state index contributed by atoms with van der Waals surface area (Å²) in [6.45, 7) is 8.21. The van der Waals surface area contributed by atoms with Crippen LogP contribution in [0.4, 0.5) is 0 Å². The summed E-state index contributed by atoms with van der Waals surface area (Å²) in [5, 5.41) is 15.9. The number of rotatable bonds is 8. The van der Waals surface area contributed by atoms with E-state index in [0.29, 0.717) is 11.8 Å². The number of hydrogen-bond donors (Lipinski definition) is 1. The molecule has 0 saturated heterocycles. The Balaban J connectivity index is 1.78. The Bertz CT molecular complexity index is 1040. The first-order valence-corrected chi connectivity index (χ1v) is 15.8. The number of nitrogens with zero attached hydrogens (tertiary/aromatic N) is 4. The van der Waals surface area contributed by atoms with Crippen LogP contribution in [0.1, 0.15) is 37.3 Å². The molecular formula is C25H33ClN4O2Si. The fourth-order valence-electron chi connectivity index (χ4n) is 4.37. The van der Waals surface area contributed by atoms with Gasteiger partial charge in [0.15, 0.2) is 0 Å². The zero-order valence-corrected chi connectivity index (χ0v) is 21.4. The predicted molar refractivity (Wildman–Crippen MR) is 135 cm³/mol. The molecule has 0 atom stereocenters. The molecule has 1 aliphatic rings. The third-order valence-corrected chi connectivity index (χ3v) is 8.20. The molecule has 2 heterocycles. The van der Waals surface area contributed by atoms with Crippen molar-refractivity contribution in [1.82, 2.24) is 19.7 Å². The van der Waals surface area contributed by atoms with Gasteiger partial charge in [0.05, 0.1) is 17.5 Å². The number of aromatic nitrogens is 4. The van der Waals surface area contributed by atoms with E-state index in [4.69, 9.17) is 21.4 Å². The lowest BCUT2D eigenvalue weighted by molar-refractivity contribution is 0.0730. The monoisotopic (exact) mass is 484 g/mol. The van der Waals surface area contributed by atoms with E-state index >= 15 is 0 Å². The maximum absolute atomic E-state index is 10.1. The van der Waals surface area contributed by atoms with Gasteiger partial charge in [0, 0.05) is 42.9 Å². The van der Waals surface area contributed by atoms with E-state index in [1.165, 1.54) is 0 Å². The molecule has 0 unspecified atom stereocenters. The van der Waals surface area contributed by atoms with Gasteiger partial charge in [-0.05, 0) is 49.9 Å². The highest BCUT2D eigenvalue weighted by Gasteiger charge is 2.30. The van der Waals surface area contributed by atoms with Crippen LogP contribution in [0.2, 0.25) is 30.7 Å². The molecule has 0 spiro atoms. The summed E-state index contributed by atoms with van der Waals surface area (Å²) < 4.78 is 8.16. The van der Waals surface area contributed by atoms with Crippen molar-refractivity contribution in [2.24, 2.45) is 0 Å². The van der Waals surface area contributed by atoms with E-state index < -0.39 is 8.07 Å². The van der Waals surface area contributed by atoms with Gasteiger partial charge in [0.1, 0.15) is 18.8 Å². The second-order valence-corrected chi connectivity index (χ2v) is 16.1. The van der Waals surface area contributed by atoms with Crippen molar-refractivity contribution in [2.75, 3.05) is 6.61 Å². The lowest BCUT2D eigenvalue weighted by atomic mass is 9.83. The van der Waals surface area contributed by atoms with Crippen molar-refractivity contribution < 1.29 is 9.84 Å². The van der Waals surface area contributed by atoms with Crippen LogP contribution < -0.4 is 0 Å². The lowest BCUT2D eigenvalue weighted by Crippen LogP contribution is -2.23. The third kappa shape index (κ3) is 6.09. The highest BCUT2D eigenvalue weighted by molar-refractivity contribution is 6.76. The van der Waals surface area contributed by atoms with Gasteiger partial charge in [0.25, 0.3) is 0 Å². The van der Waals surface area contributed by atoms with Crippen LogP contribution in [-0.2, 0) is 11.5 Å². The summed E-state index contributed by atoms with van der Waals surface area (Å²) in [4.78, 5) is 8.71. The van der Waals surface area contributed by atoms with Crippen LogP contribution >= 0.6 is 11.6 Å². The van der Waals surface area contributed by atoms with Crippen molar-refractivity contribution in [2.45, 2.75) is 70.1 Å². The number of aliphatic hydroxyl groups is 1. The Morgan fingerprint density at radius 1 is 1.09 bits per heavy atom. The van der Waals surface area contributed by atoms with Crippen LogP contribution in [0, 0.1) is 0 Å². The second-order valence-electron chi connectivity index (χ2n) is 10.1. The fourth-order valence-corrected chi connectivity index (χ4v) is 5.25. The Morgan fingerprint density at radius 3 is 2.45 bits per heavy atom. The average molecular weight is 485 g/mol. The fraction of sp³-hybridized carbons (Fsp3) is 0.480. The Labute approximate surface area is 202 Å². The minimum absolute atomic E-state index is 0.219. The summed E-state index contributed by atoms with van der Waals surface area (Å²) in [6.07, 6.45) is 6.56. The van der Waals surface area contributed by atoms with E-state index in [9.17, 15) is 5.11 Å². The molecule has 1 fully saturated rings. The largest absolute Gasteiger partial charge is 0.393 e. The topological polar surface area (TPSA) is 73.1 Å². The molecule has 0 amide bonds. The average Bonchev–Trinajstić information content (AvgIpc) is 3.17. The van der Waals surface area contributed by atoms with Gasteiger partial charge >= 0.3 is 0 Å². The van der Waals surface area contributed by atoms with E-state index in [0.717, 1.165) is 66.5 Å². The molecule has 1 aromatic carbocycles. The molecule has 0 aliphatic heterocycles. The van der Waals surface area contributed by atoms with Crippen LogP contribution in [-0.4, -0.2) is 45.6 Å². The first-order valence-electron chi connectivity index (χ1n) is 11.7. The molecule has 0 radical (unpaired) electrons. The number of benzene rings is 1. The maximum atomic E-state index is 10.1. The first kappa shape index (κ1) is 24.1. The van der Waals surface area contributed by atoms with Crippen molar-refractivity contribution in [3.63, 3.8) is 0 Å². The SMILES string of the molecule is C[Si](C)(C)CCOCn1nc(-c2ccc(Cl)cc2)c(-c2ccncn2)c1C1CCC(O)CC1. The number of halogens is 1. The predicted octanol–water partition coefficient (Wildman–Crippen LogP) is 5.99. The molecule has 0 bridgehead atoms. The minimum Gasteiger partial charge on any atom is -0.393 e. The number of ether oxygens (including phenoxy) is 1. The molecule has 4 rings (SSSR count). The highest BCUT2D eigenvalue weighted by Crippen LogP contribution is 2.42. The first-order chi connectivity index (χ1) is 15.8. The second kappa shape index (κ2) is 10.5. The highest BCUT2D eigenvalue weighted by atomic mass is 35.5. The summed E-state index contributed by atoms with van der Waals surface area (Å²) in [7, 11) is -1.18. The van der Waals surface area contributed by atoms with Gasteiger partial charge in [-0.25, -0.2) is 14.6 Å². The van der Waals surface area contributed by atoms with E-state index in [1.54, 1.807) is 12.5 Å². The number of aliphatic hydroxyl groups excluding tert-OH is 1. The molecule has 1 N–H and O–H groups in total. The van der Waals surface area contributed by atoms with Crippen molar-refractivity contribution in [3.8, 4) is 22.5 Å². The molecule has 176 valence electrons.